The third kappa shape index (κ3) is 2.64. The summed E-state index contributed by atoms with van der Waals surface area (Å²) in [6.45, 7) is 0. The lowest BCUT2D eigenvalue weighted by molar-refractivity contribution is -0.145. The van der Waals surface area contributed by atoms with Crippen molar-refractivity contribution >= 4 is 35.0 Å². The van der Waals surface area contributed by atoms with E-state index in [0.29, 0.717) is 5.11 Å². The lowest BCUT2D eigenvalue weighted by atomic mass is 9.90. The van der Waals surface area contributed by atoms with Gasteiger partial charge in [0.1, 0.15) is 5.54 Å². The standard InChI is InChI=1S/C15H17N3O4S/c16-15(13(21)22)6-8(9-10(11(9)15)12(19)20)18-14(23)17-7-4-2-1-3-5-7/h1-5,8-11H,6,16H2,(H,19,20)(H,21,22)(H2,17,18,23)/t8-,9-,10-,11+,15-/m1/s1. The highest BCUT2D eigenvalue weighted by Crippen LogP contribution is 2.61. The molecule has 2 aliphatic rings. The Bertz CT molecular complexity index is 668. The van der Waals surface area contributed by atoms with Gasteiger partial charge in [0, 0.05) is 17.6 Å². The van der Waals surface area contributed by atoms with Gasteiger partial charge in [-0.1, -0.05) is 18.2 Å². The largest absolute Gasteiger partial charge is 0.481 e. The molecule has 5 atom stereocenters. The van der Waals surface area contributed by atoms with Gasteiger partial charge < -0.3 is 26.6 Å². The molecule has 8 heteroatoms. The maximum absolute atomic E-state index is 11.5. The number of rotatable bonds is 4. The Kier molecular flexibility index (Phi) is 3.73. The highest BCUT2D eigenvalue weighted by atomic mass is 32.1. The van der Waals surface area contributed by atoms with Crippen molar-refractivity contribution < 1.29 is 19.8 Å². The number of hydrogen-bond acceptors (Lipinski definition) is 4. The van der Waals surface area contributed by atoms with Crippen LogP contribution in [0.5, 0.6) is 0 Å². The summed E-state index contributed by atoms with van der Waals surface area (Å²) in [7, 11) is 0. The molecule has 0 amide bonds. The number of carboxylic acids is 2. The summed E-state index contributed by atoms with van der Waals surface area (Å²) in [5.41, 5.74) is 5.24. The highest BCUT2D eigenvalue weighted by Gasteiger charge is 2.74. The lowest BCUT2D eigenvalue weighted by Gasteiger charge is -2.25. The van der Waals surface area contributed by atoms with Gasteiger partial charge in [0.15, 0.2) is 5.11 Å². The van der Waals surface area contributed by atoms with E-state index in [1.807, 2.05) is 30.3 Å². The number of anilines is 1. The van der Waals surface area contributed by atoms with Gasteiger partial charge in [0.05, 0.1) is 5.92 Å². The topological polar surface area (TPSA) is 125 Å². The van der Waals surface area contributed by atoms with Crippen molar-refractivity contribution in [3.63, 3.8) is 0 Å². The Morgan fingerprint density at radius 3 is 2.48 bits per heavy atom. The Morgan fingerprint density at radius 1 is 1.26 bits per heavy atom. The van der Waals surface area contributed by atoms with Gasteiger partial charge in [-0.05, 0) is 36.7 Å². The molecule has 6 N–H and O–H groups in total. The van der Waals surface area contributed by atoms with E-state index in [4.69, 9.17) is 18.0 Å². The van der Waals surface area contributed by atoms with Crippen LogP contribution in [0.25, 0.3) is 0 Å². The monoisotopic (exact) mass is 335 g/mol. The van der Waals surface area contributed by atoms with Crippen LogP contribution in [0.3, 0.4) is 0 Å². The number of benzene rings is 1. The number of fused-ring (bicyclic) bond motifs is 1. The first-order chi connectivity index (χ1) is 10.8. The molecule has 1 aromatic carbocycles. The van der Waals surface area contributed by atoms with Crippen molar-refractivity contribution in [2.24, 2.45) is 23.5 Å². The summed E-state index contributed by atoms with van der Waals surface area (Å²) >= 11 is 5.23. The molecule has 2 aliphatic carbocycles. The first kappa shape index (κ1) is 15.7. The molecule has 23 heavy (non-hydrogen) atoms. The van der Waals surface area contributed by atoms with E-state index < -0.39 is 29.3 Å². The second-order valence-electron chi connectivity index (χ2n) is 6.09. The maximum atomic E-state index is 11.5. The molecule has 0 aliphatic heterocycles. The van der Waals surface area contributed by atoms with Gasteiger partial charge >= 0.3 is 11.9 Å². The number of nitrogens with one attached hydrogen (secondary N) is 2. The first-order valence-electron chi connectivity index (χ1n) is 7.22. The fourth-order valence-electron chi connectivity index (χ4n) is 3.69. The zero-order valence-corrected chi connectivity index (χ0v) is 12.9. The molecule has 0 unspecified atom stereocenters. The SMILES string of the molecule is N[C@]1(C(=O)O)C[C@@H](NC(=S)Nc2ccccc2)[C@@H]2[C@@H](C(=O)O)[C@H]21. The maximum Gasteiger partial charge on any atom is 0.324 e. The average molecular weight is 335 g/mol. The van der Waals surface area contributed by atoms with Crippen molar-refractivity contribution in [1.82, 2.24) is 5.32 Å². The first-order valence-corrected chi connectivity index (χ1v) is 7.63. The highest BCUT2D eigenvalue weighted by molar-refractivity contribution is 7.80. The Labute approximate surface area is 137 Å². The van der Waals surface area contributed by atoms with Gasteiger partial charge in [-0.15, -0.1) is 0 Å². The van der Waals surface area contributed by atoms with E-state index in [1.54, 1.807) is 0 Å². The number of nitrogens with two attached hydrogens (primary N) is 1. The zero-order chi connectivity index (χ0) is 16.8. The minimum absolute atomic E-state index is 0.151. The molecule has 2 saturated carbocycles. The smallest absolute Gasteiger partial charge is 0.324 e. The summed E-state index contributed by atoms with van der Waals surface area (Å²) in [6, 6.07) is 8.90. The summed E-state index contributed by atoms with van der Waals surface area (Å²) in [6.07, 6.45) is 0.151. The molecule has 7 nitrogen and oxygen atoms in total. The molecule has 0 aromatic heterocycles. The van der Waals surface area contributed by atoms with Crippen LogP contribution in [0.15, 0.2) is 30.3 Å². The Morgan fingerprint density at radius 2 is 1.91 bits per heavy atom. The molecule has 2 fully saturated rings. The Hall–Kier alpha value is -2.19. The molecule has 3 rings (SSSR count). The van der Waals surface area contributed by atoms with Crippen LogP contribution >= 0.6 is 12.2 Å². The van der Waals surface area contributed by atoms with Gasteiger partial charge in [0.25, 0.3) is 0 Å². The second-order valence-corrected chi connectivity index (χ2v) is 6.50. The van der Waals surface area contributed by atoms with E-state index in [9.17, 15) is 19.8 Å². The van der Waals surface area contributed by atoms with Crippen molar-refractivity contribution in [3.05, 3.63) is 30.3 Å². The van der Waals surface area contributed by atoms with E-state index in [0.717, 1.165) is 5.69 Å². The van der Waals surface area contributed by atoms with Crippen molar-refractivity contribution in [1.29, 1.82) is 0 Å². The number of carboxylic acid groups (broad SMARTS) is 2. The third-order valence-corrected chi connectivity index (χ3v) is 4.94. The summed E-state index contributed by atoms with van der Waals surface area (Å²) in [4.78, 5) is 22.7. The molecule has 0 heterocycles. The number of aliphatic carboxylic acids is 2. The number of hydrogen-bond donors (Lipinski definition) is 5. The minimum Gasteiger partial charge on any atom is -0.481 e. The van der Waals surface area contributed by atoms with Crippen LogP contribution in [0.1, 0.15) is 6.42 Å². The summed E-state index contributed by atoms with van der Waals surface area (Å²) in [5.74, 6) is -3.78. The van der Waals surface area contributed by atoms with E-state index >= 15 is 0 Å². The van der Waals surface area contributed by atoms with Crippen molar-refractivity contribution in [2.45, 2.75) is 18.0 Å². The zero-order valence-electron chi connectivity index (χ0n) is 12.1. The van der Waals surface area contributed by atoms with Crippen LogP contribution in [-0.4, -0.2) is 38.8 Å². The lowest BCUT2D eigenvalue weighted by Crippen LogP contribution is -2.52. The number of para-hydroxylation sites is 1. The van der Waals surface area contributed by atoms with Crippen LogP contribution in [0, 0.1) is 17.8 Å². The molecular weight excluding hydrogens is 318 g/mol. The fraction of sp³-hybridized carbons (Fsp3) is 0.400. The Balaban J connectivity index is 1.70. The predicted octanol–water partition coefficient (Wildman–Crippen LogP) is 0.474. The van der Waals surface area contributed by atoms with Gasteiger partial charge in [-0.25, -0.2) is 0 Å². The molecule has 0 radical (unpaired) electrons. The fourth-order valence-corrected chi connectivity index (χ4v) is 3.96. The number of carbonyl (C=O) groups is 2. The van der Waals surface area contributed by atoms with E-state index in [2.05, 4.69) is 10.6 Å². The minimum atomic E-state index is -1.52. The van der Waals surface area contributed by atoms with Gasteiger partial charge in [-0.2, -0.15) is 0 Å². The van der Waals surface area contributed by atoms with Gasteiger partial charge in [-0.3, -0.25) is 9.59 Å². The van der Waals surface area contributed by atoms with Crippen LogP contribution in [-0.2, 0) is 9.59 Å². The van der Waals surface area contributed by atoms with Crippen LogP contribution in [0.2, 0.25) is 0 Å². The third-order valence-electron chi connectivity index (χ3n) is 4.72. The quantitative estimate of drug-likeness (QED) is 0.503. The predicted molar refractivity (Wildman–Crippen MR) is 86.9 cm³/mol. The van der Waals surface area contributed by atoms with Gasteiger partial charge in [0.2, 0.25) is 0 Å². The molecule has 122 valence electrons. The van der Waals surface area contributed by atoms with E-state index in [-0.39, 0.29) is 18.4 Å². The molecular formula is C15H17N3O4S. The average Bonchev–Trinajstić information content (AvgIpc) is 3.17. The van der Waals surface area contributed by atoms with Crippen molar-refractivity contribution in [3.8, 4) is 0 Å². The molecule has 1 aromatic rings. The molecule has 0 saturated heterocycles. The molecule has 0 spiro atoms. The number of thiocarbonyl (C=S) groups is 1. The van der Waals surface area contributed by atoms with Crippen LogP contribution < -0.4 is 16.4 Å². The summed E-state index contributed by atoms with van der Waals surface area (Å²) < 4.78 is 0. The second kappa shape index (κ2) is 5.47. The summed E-state index contributed by atoms with van der Waals surface area (Å²) in [5, 5.41) is 24.9. The normalized spacial score (nSPS) is 34.3. The van der Waals surface area contributed by atoms with Crippen LogP contribution in [0.4, 0.5) is 5.69 Å². The molecule has 0 bridgehead atoms. The van der Waals surface area contributed by atoms with Crippen molar-refractivity contribution in [2.75, 3.05) is 5.32 Å². The van der Waals surface area contributed by atoms with E-state index in [1.165, 1.54) is 0 Å².